The van der Waals surface area contributed by atoms with Gasteiger partial charge in [-0.2, -0.15) is 0 Å². The van der Waals surface area contributed by atoms with Gasteiger partial charge in [-0.25, -0.2) is 0 Å². The molecule has 9 atom stereocenters. The van der Waals surface area contributed by atoms with E-state index in [1.54, 1.807) is 5.57 Å². The molecule has 0 unspecified atom stereocenters. The lowest BCUT2D eigenvalue weighted by Gasteiger charge is -2.72. The van der Waals surface area contributed by atoms with Gasteiger partial charge < -0.3 is 9.84 Å². The van der Waals surface area contributed by atoms with Gasteiger partial charge in [0.25, 0.3) is 0 Å². The third-order valence-electron chi connectivity index (χ3n) is 13.7. The maximum Gasteiger partial charge on any atom is 0.302 e. The van der Waals surface area contributed by atoms with Crippen molar-refractivity contribution in [2.75, 3.05) is 0 Å². The summed E-state index contributed by atoms with van der Waals surface area (Å²) >= 11 is 0. The molecule has 0 aromatic carbocycles. The van der Waals surface area contributed by atoms with Crippen molar-refractivity contribution in [1.82, 2.24) is 0 Å². The van der Waals surface area contributed by atoms with Crippen LogP contribution in [0.15, 0.2) is 11.6 Å². The number of aliphatic hydroxyl groups is 1. The summed E-state index contributed by atoms with van der Waals surface area (Å²) in [7, 11) is 0. The van der Waals surface area contributed by atoms with E-state index in [1.807, 2.05) is 0 Å². The van der Waals surface area contributed by atoms with Crippen LogP contribution in [0.5, 0.6) is 0 Å². The van der Waals surface area contributed by atoms with Gasteiger partial charge in [0, 0.05) is 17.8 Å². The van der Waals surface area contributed by atoms with E-state index in [4.69, 9.17) is 4.74 Å². The number of carbonyl (C=O) groups is 1. The number of allylic oxidation sites excluding steroid dienone is 1. The molecule has 0 aromatic heterocycles. The van der Waals surface area contributed by atoms with Gasteiger partial charge in [0.2, 0.25) is 0 Å². The first kappa shape index (κ1) is 25.8. The molecule has 35 heavy (non-hydrogen) atoms. The van der Waals surface area contributed by atoms with Crippen LogP contribution in [0.4, 0.5) is 0 Å². The number of rotatable bonds is 1. The van der Waals surface area contributed by atoms with Crippen LogP contribution in [0.2, 0.25) is 0 Å². The van der Waals surface area contributed by atoms with Crippen LogP contribution in [0.3, 0.4) is 0 Å². The maximum atomic E-state index is 12.1. The average molecular weight is 485 g/mol. The zero-order chi connectivity index (χ0) is 25.8. The van der Waals surface area contributed by atoms with Crippen molar-refractivity contribution < 1.29 is 14.6 Å². The molecule has 5 rings (SSSR count). The van der Waals surface area contributed by atoms with E-state index in [2.05, 4.69) is 61.5 Å². The molecule has 198 valence electrons. The molecule has 4 fully saturated rings. The second kappa shape index (κ2) is 7.61. The number of ether oxygens (including phenoxy) is 1. The van der Waals surface area contributed by atoms with E-state index in [9.17, 15) is 9.90 Å². The van der Waals surface area contributed by atoms with Crippen molar-refractivity contribution >= 4 is 5.97 Å². The fraction of sp³-hybridized carbons (Fsp3) is 0.906. The zero-order valence-electron chi connectivity index (χ0n) is 24.1. The highest BCUT2D eigenvalue weighted by Crippen LogP contribution is 2.75. The van der Waals surface area contributed by atoms with Gasteiger partial charge in [-0.1, -0.05) is 73.5 Å². The Morgan fingerprint density at radius 1 is 0.914 bits per heavy atom. The Morgan fingerprint density at radius 2 is 1.60 bits per heavy atom. The number of fused-ring (bicyclic) bond motifs is 7. The summed E-state index contributed by atoms with van der Waals surface area (Å²) in [4.78, 5) is 11.9. The molecule has 3 nitrogen and oxygen atoms in total. The number of aliphatic hydroxyl groups excluding tert-OH is 1. The molecule has 0 aromatic rings. The number of hydrogen-bond acceptors (Lipinski definition) is 3. The summed E-state index contributed by atoms with van der Waals surface area (Å²) in [5.41, 5.74) is 2.35. The van der Waals surface area contributed by atoms with Gasteiger partial charge in [0.15, 0.2) is 0 Å². The van der Waals surface area contributed by atoms with Crippen molar-refractivity contribution in [1.29, 1.82) is 0 Å². The molecule has 0 spiro atoms. The maximum absolute atomic E-state index is 12.1. The minimum Gasteiger partial charge on any atom is -0.462 e. The Labute approximate surface area is 214 Å². The average Bonchev–Trinajstić information content (AvgIpc) is 2.73. The Balaban J connectivity index is 1.56. The molecule has 0 amide bonds. The van der Waals surface area contributed by atoms with Gasteiger partial charge in [-0.15, -0.1) is 0 Å². The van der Waals surface area contributed by atoms with Gasteiger partial charge in [0.05, 0.1) is 6.10 Å². The molecule has 5 aliphatic carbocycles. The van der Waals surface area contributed by atoms with Crippen molar-refractivity contribution in [3.8, 4) is 0 Å². The minimum atomic E-state index is -0.340. The van der Waals surface area contributed by atoms with E-state index in [-0.39, 0.29) is 39.8 Å². The van der Waals surface area contributed by atoms with E-state index in [0.29, 0.717) is 28.6 Å². The van der Waals surface area contributed by atoms with Crippen molar-refractivity contribution in [2.45, 2.75) is 132 Å². The topological polar surface area (TPSA) is 46.5 Å². The Bertz CT molecular complexity index is 931. The predicted octanol–water partition coefficient (Wildman–Crippen LogP) is 7.71. The number of esters is 1. The normalized spacial score (nSPS) is 52.2. The fourth-order valence-corrected chi connectivity index (χ4v) is 11.4. The molecule has 0 saturated heterocycles. The highest BCUT2D eigenvalue weighted by molar-refractivity contribution is 5.66. The van der Waals surface area contributed by atoms with Crippen LogP contribution in [-0.2, 0) is 9.53 Å². The van der Waals surface area contributed by atoms with Gasteiger partial charge in [0.1, 0.15) is 6.10 Å². The van der Waals surface area contributed by atoms with Crippen LogP contribution in [-0.4, -0.2) is 23.3 Å². The quantitative estimate of drug-likeness (QED) is 0.306. The first-order valence-corrected chi connectivity index (χ1v) is 14.6. The SMILES string of the molecule is CC(=O)O[C@H]1CC[C@]2(C)[C@H]3CC[C@]4(C)C(=CC[C@@]5(C)[C@H]4CCCC5(C)C)[C@]3(C)[C@H](O)C[C@H]2C1(C)C. The highest BCUT2D eigenvalue weighted by Gasteiger charge is 2.70. The van der Waals surface area contributed by atoms with Crippen molar-refractivity contribution in [2.24, 2.45) is 50.2 Å². The third-order valence-corrected chi connectivity index (χ3v) is 13.7. The standard InChI is InChI=1S/C32H52O3/c1-20(33)35-26-14-17-30(7)22-12-16-29(6)21-11-10-15-27(2,3)31(21,8)18-13-23(29)32(22,9)25(34)19-24(30)28(26,4)5/h13,21-22,24-26,34H,10-12,14-19H2,1-9H3/t21-,22+,24-,25+,26-,29-,30+,31-,32+/m0/s1. The first-order valence-electron chi connectivity index (χ1n) is 14.6. The van der Waals surface area contributed by atoms with E-state index < -0.39 is 0 Å². The van der Waals surface area contributed by atoms with Crippen molar-refractivity contribution in [3.05, 3.63) is 11.6 Å². The summed E-state index contributed by atoms with van der Waals surface area (Å²) in [6, 6.07) is 0. The molecule has 5 aliphatic rings. The molecular weight excluding hydrogens is 432 g/mol. The first-order chi connectivity index (χ1) is 16.0. The molecule has 1 N–H and O–H groups in total. The van der Waals surface area contributed by atoms with E-state index in [0.717, 1.165) is 25.7 Å². The lowest BCUT2D eigenvalue weighted by atomic mass is 9.33. The Hall–Kier alpha value is -0.830. The summed E-state index contributed by atoms with van der Waals surface area (Å²) in [5, 5.41) is 12.1. The summed E-state index contributed by atoms with van der Waals surface area (Å²) < 4.78 is 5.86. The molecule has 3 heteroatoms. The zero-order valence-corrected chi connectivity index (χ0v) is 24.1. The number of carbonyl (C=O) groups excluding carboxylic acids is 1. The minimum absolute atomic E-state index is 0.0532. The van der Waals surface area contributed by atoms with Crippen LogP contribution < -0.4 is 0 Å². The Kier molecular flexibility index (Phi) is 5.61. The lowest BCUT2D eigenvalue weighted by Crippen LogP contribution is -2.67. The van der Waals surface area contributed by atoms with Gasteiger partial charge in [-0.05, 0) is 90.8 Å². The monoisotopic (exact) mass is 484 g/mol. The number of hydrogen-bond donors (Lipinski definition) is 1. The largest absolute Gasteiger partial charge is 0.462 e. The second-order valence-electron chi connectivity index (χ2n) is 15.6. The summed E-state index contributed by atoms with van der Waals surface area (Å²) in [5.74, 6) is 1.35. The second-order valence-corrected chi connectivity index (χ2v) is 15.6. The third kappa shape index (κ3) is 3.15. The lowest BCUT2D eigenvalue weighted by molar-refractivity contribution is -0.226. The highest BCUT2D eigenvalue weighted by atomic mass is 16.5. The van der Waals surface area contributed by atoms with Gasteiger partial charge in [-0.3, -0.25) is 4.79 Å². The molecule has 0 radical (unpaired) electrons. The van der Waals surface area contributed by atoms with Crippen LogP contribution in [0.25, 0.3) is 0 Å². The smallest absolute Gasteiger partial charge is 0.302 e. The van der Waals surface area contributed by atoms with E-state index in [1.165, 1.54) is 39.0 Å². The predicted molar refractivity (Wildman–Crippen MR) is 142 cm³/mol. The molecule has 0 heterocycles. The fourth-order valence-electron chi connectivity index (χ4n) is 11.4. The van der Waals surface area contributed by atoms with E-state index >= 15 is 0 Å². The molecule has 0 aliphatic heterocycles. The van der Waals surface area contributed by atoms with Gasteiger partial charge >= 0.3 is 5.97 Å². The van der Waals surface area contributed by atoms with Crippen LogP contribution in [0.1, 0.15) is 120 Å². The molecular formula is C32H52O3. The molecule has 4 saturated carbocycles. The Morgan fingerprint density at radius 3 is 2.26 bits per heavy atom. The molecule has 0 bridgehead atoms. The van der Waals surface area contributed by atoms with Crippen LogP contribution in [0, 0.1) is 50.2 Å². The van der Waals surface area contributed by atoms with Crippen LogP contribution >= 0.6 is 0 Å². The summed E-state index contributed by atoms with van der Waals surface area (Å²) in [6.07, 6.45) is 12.7. The summed E-state index contributed by atoms with van der Waals surface area (Å²) in [6.45, 7) is 21.3. The van der Waals surface area contributed by atoms with Crippen molar-refractivity contribution in [3.63, 3.8) is 0 Å².